The second-order valence-electron chi connectivity index (χ2n) is 4.32. The topological polar surface area (TPSA) is 79.5 Å². The van der Waals surface area contributed by atoms with Crippen molar-refractivity contribution >= 4 is 5.97 Å². The second kappa shape index (κ2) is 4.97. The van der Waals surface area contributed by atoms with Crippen LogP contribution in [0.3, 0.4) is 0 Å². The van der Waals surface area contributed by atoms with E-state index in [0.717, 1.165) is 27.8 Å². The number of carbonyl (C=O) groups is 1. The van der Waals surface area contributed by atoms with Crippen molar-refractivity contribution < 1.29 is 15.0 Å². The number of rotatable bonds is 3. The predicted molar refractivity (Wildman–Crippen MR) is 69.6 cm³/mol. The summed E-state index contributed by atoms with van der Waals surface area (Å²) in [5.41, 5.74) is 1.09. The van der Waals surface area contributed by atoms with Crippen molar-refractivity contribution in [3.05, 3.63) is 63.6 Å². The molecule has 0 aliphatic carbocycles. The quantitative estimate of drug-likeness (QED) is 0.877. The minimum atomic E-state index is -1.25. The van der Waals surface area contributed by atoms with E-state index in [4.69, 9.17) is 5.11 Å². The number of nitrogens with zero attached hydrogens (tertiary/aromatic N) is 1. The first-order valence-corrected chi connectivity index (χ1v) is 5.70. The number of hydrogen-bond donors (Lipinski definition) is 2. The molecule has 98 valence electrons. The number of aromatic hydroxyl groups is 1. The fourth-order valence-electron chi connectivity index (χ4n) is 1.92. The Bertz CT molecular complexity index is 688. The number of aromatic carboxylic acids is 1. The van der Waals surface area contributed by atoms with Gasteiger partial charge in [0, 0.05) is 12.1 Å². The summed E-state index contributed by atoms with van der Waals surface area (Å²) in [6.07, 6.45) is 0. The molecule has 0 bridgehead atoms. The largest absolute Gasteiger partial charge is 0.508 e. The minimum Gasteiger partial charge on any atom is -0.508 e. The molecule has 0 spiro atoms. The van der Waals surface area contributed by atoms with Crippen LogP contribution in [0.25, 0.3) is 0 Å². The molecule has 0 aliphatic heterocycles. The molecule has 1 aromatic carbocycles. The van der Waals surface area contributed by atoms with E-state index in [1.807, 2.05) is 31.2 Å². The standard InChI is InChI=1S/C14H13NO4/c1-9-3-2-4-10(5-9)8-15-12(14(18)19)6-11(16)7-13(15)17/h2-7,16H,8H2,1H3,(H,18,19). The van der Waals surface area contributed by atoms with E-state index in [0.29, 0.717) is 0 Å². The lowest BCUT2D eigenvalue weighted by Gasteiger charge is -2.10. The lowest BCUT2D eigenvalue weighted by molar-refractivity contribution is 0.0683. The highest BCUT2D eigenvalue weighted by Crippen LogP contribution is 2.11. The van der Waals surface area contributed by atoms with Crippen LogP contribution in [0, 0.1) is 6.92 Å². The van der Waals surface area contributed by atoms with E-state index in [9.17, 15) is 14.7 Å². The van der Waals surface area contributed by atoms with Gasteiger partial charge in [-0.05, 0) is 12.5 Å². The molecule has 5 nitrogen and oxygen atoms in total. The Balaban J connectivity index is 2.50. The Morgan fingerprint density at radius 1 is 1.26 bits per heavy atom. The molecule has 2 rings (SSSR count). The number of carboxylic acids is 1. The maximum atomic E-state index is 11.8. The van der Waals surface area contributed by atoms with Crippen molar-refractivity contribution in [1.29, 1.82) is 0 Å². The second-order valence-corrected chi connectivity index (χ2v) is 4.32. The summed E-state index contributed by atoms with van der Waals surface area (Å²) in [5.74, 6) is -1.59. The first-order chi connectivity index (χ1) is 8.97. The molecule has 1 aromatic heterocycles. The molecule has 1 heterocycles. The van der Waals surface area contributed by atoms with Crippen molar-refractivity contribution in [2.75, 3.05) is 0 Å². The van der Waals surface area contributed by atoms with Gasteiger partial charge in [-0.15, -0.1) is 0 Å². The average Bonchev–Trinajstić information content (AvgIpc) is 2.32. The summed E-state index contributed by atoms with van der Waals surface area (Å²) >= 11 is 0. The summed E-state index contributed by atoms with van der Waals surface area (Å²) in [4.78, 5) is 22.9. The minimum absolute atomic E-state index is 0.155. The molecule has 0 atom stereocenters. The highest BCUT2D eigenvalue weighted by molar-refractivity contribution is 5.86. The lowest BCUT2D eigenvalue weighted by Crippen LogP contribution is -2.25. The number of benzene rings is 1. The van der Waals surface area contributed by atoms with E-state index < -0.39 is 11.5 Å². The molecule has 5 heteroatoms. The lowest BCUT2D eigenvalue weighted by atomic mass is 10.1. The molecule has 2 aromatic rings. The fourth-order valence-corrected chi connectivity index (χ4v) is 1.92. The third kappa shape index (κ3) is 2.82. The number of pyridine rings is 1. The molecule has 0 saturated heterocycles. The zero-order chi connectivity index (χ0) is 14.0. The van der Waals surface area contributed by atoms with Crippen LogP contribution in [-0.4, -0.2) is 20.7 Å². The highest BCUT2D eigenvalue weighted by Gasteiger charge is 2.13. The van der Waals surface area contributed by atoms with Crippen LogP contribution in [0.4, 0.5) is 0 Å². The van der Waals surface area contributed by atoms with Crippen LogP contribution in [0.5, 0.6) is 5.75 Å². The van der Waals surface area contributed by atoms with Crippen LogP contribution in [0.15, 0.2) is 41.2 Å². The molecule has 0 aliphatic rings. The van der Waals surface area contributed by atoms with E-state index in [-0.39, 0.29) is 18.0 Å². The molecule has 0 radical (unpaired) electrons. The molecular weight excluding hydrogens is 246 g/mol. The van der Waals surface area contributed by atoms with Gasteiger partial charge in [-0.3, -0.25) is 9.36 Å². The summed E-state index contributed by atoms with van der Waals surface area (Å²) in [6, 6.07) is 9.53. The van der Waals surface area contributed by atoms with Gasteiger partial charge in [0.05, 0.1) is 6.54 Å². The van der Waals surface area contributed by atoms with Crippen LogP contribution >= 0.6 is 0 Å². The van der Waals surface area contributed by atoms with E-state index in [1.54, 1.807) is 0 Å². The van der Waals surface area contributed by atoms with Gasteiger partial charge in [0.2, 0.25) is 0 Å². The van der Waals surface area contributed by atoms with Gasteiger partial charge in [-0.2, -0.15) is 0 Å². The number of hydrogen-bond acceptors (Lipinski definition) is 3. The maximum Gasteiger partial charge on any atom is 0.352 e. The van der Waals surface area contributed by atoms with Gasteiger partial charge in [-0.1, -0.05) is 29.8 Å². The fraction of sp³-hybridized carbons (Fsp3) is 0.143. The van der Waals surface area contributed by atoms with Crippen molar-refractivity contribution in [2.24, 2.45) is 0 Å². The summed E-state index contributed by atoms with van der Waals surface area (Å²) in [7, 11) is 0. The van der Waals surface area contributed by atoms with Gasteiger partial charge < -0.3 is 10.2 Å². The highest BCUT2D eigenvalue weighted by atomic mass is 16.4. The Kier molecular flexibility index (Phi) is 3.37. The predicted octanol–water partition coefficient (Wildman–Crippen LogP) is 1.61. The van der Waals surface area contributed by atoms with Gasteiger partial charge in [-0.25, -0.2) is 4.79 Å². The van der Waals surface area contributed by atoms with E-state index in [2.05, 4.69) is 0 Å². The van der Waals surface area contributed by atoms with Crippen molar-refractivity contribution in [3.8, 4) is 5.75 Å². The van der Waals surface area contributed by atoms with Gasteiger partial charge >= 0.3 is 5.97 Å². The molecule has 0 unspecified atom stereocenters. The Morgan fingerprint density at radius 3 is 2.63 bits per heavy atom. The first-order valence-electron chi connectivity index (χ1n) is 5.70. The van der Waals surface area contributed by atoms with Crippen molar-refractivity contribution in [3.63, 3.8) is 0 Å². The third-order valence-corrected chi connectivity index (χ3v) is 2.76. The Morgan fingerprint density at radius 2 is 2.00 bits per heavy atom. The number of carboxylic acid groups (broad SMARTS) is 1. The normalized spacial score (nSPS) is 10.4. The third-order valence-electron chi connectivity index (χ3n) is 2.76. The van der Waals surface area contributed by atoms with Crippen LogP contribution in [0.2, 0.25) is 0 Å². The van der Waals surface area contributed by atoms with Crippen LogP contribution in [0.1, 0.15) is 21.6 Å². The molecular formula is C14H13NO4. The SMILES string of the molecule is Cc1cccc(Cn2c(C(=O)O)cc(O)cc2=O)c1. The number of aryl methyl sites for hydroxylation is 1. The molecule has 0 fully saturated rings. The van der Waals surface area contributed by atoms with Gasteiger partial charge in [0.25, 0.3) is 5.56 Å². The molecule has 19 heavy (non-hydrogen) atoms. The monoisotopic (exact) mass is 259 g/mol. The van der Waals surface area contributed by atoms with Crippen molar-refractivity contribution in [2.45, 2.75) is 13.5 Å². The zero-order valence-corrected chi connectivity index (χ0v) is 10.3. The molecule has 0 amide bonds. The van der Waals surface area contributed by atoms with Gasteiger partial charge in [0.1, 0.15) is 11.4 Å². The summed E-state index contributed by atoms with van der Waals surface area (Å²) in [5, 5.41) is 18.4. The first kappa shape index (κ1) is 12.9. The van der Waals surface area contributed by atoms with Gasteiger partial charge in [0.15, 0.2) is 0 Å². The maximum absolute atomic E-state index is 11.8. The van der Waals surface area contributed by atoms with Crippen LogP contribution < -0.4 is 5.56 Å². The molecule has 2 N–H and O–H groups in total. The van der Waals surface area contributed by atoms with E-state index in [1.165, 1.54) is 0 Å². The van der Waals surface area contributed by atoms with Crippen molar-refractivity contribution in [1.82, 2.24) is 4.57 Å². The average molecular weight is 259 g/mol. The Hall–Kier alpha value is -2.56. The summed E-state index contributed by atoms with van der Waals surface area (Å²) < 4.78 is 1.12. The smallest absolute Gasteiger partial charge is 0.352 e. The van der Waals surface area contributed by atoms with Crippen LogP contribution in [-0.2, 0) is 6.54 Å². The summed E-state index contributed by atoms with van der Waals surface area (Å²) in [6.45, 7) is 2.07. The van der Waals surface area contributed by atoms with E-state index >= 15 is 0 Å². The number of aromatic nitrogens is 1. The zero-order valence-electron chi connectivity index (χ0n) is 10.3. The molecule has 0 saturated carbocycles. The Labute approximate surface area is 109 Å².